The summed E-state index contributed by atoms with van der Waals surface area (Å²) in [6.45, 7) is 6.90. The molecule has 2 saturated heterocycles. The third-order valence-corrected chi connectivity index (χ3v) is 3.93. The second kappa shape index (κ2) is 4.86. The van der Waals surface area contributed by atoms with Gasteiger partial charge in [-0.15, -0.1) is 0 Å². The summed E-state index contributed by atoms with van der Waals surface area (Å²) >= 11 is 0. The molecule has 2 fully saturated rings. The first-order valence-corrected chi connectivity index (χ1v) is 6.80. The van der Waals surface area contributed by atoms with E-state index in [1.54, 1.807) is 0 Å². The molecule has 0 radical (unpaired) electrons. The number of piperidine rings is 1. The van der Waals surface area contributed by atoms with Crippen LogP contribution in [0.1, 0.15) is 18.5 Å². The molecule has 3 heterocycles. The fraction of sp³-hybridized carbons (Fsp3) is 0.643. The van der Waals surface area contributed by atoms with E-state index < -0.39 is 0 Å². The summed E-state index contributed by atoms with van der Waals surface area (Å²) in [7, 11) is 0. The van der Waals surface area contributed by atoms with Gasteiger partial charge in [-0.25, -0.2) is 0 Å². The summed E-state index contributed by atoms with van der Waals surface area (Å²) in [6.07, 6.45) is 4.33. The molecule has 2 aliphatic rings. The molecule has 0 aliphatic carbocycles. The average molecular weight is 247 g/mol. The van der Waals surface area contributed by atoms with Crippen LogP contribution < -0.4 is 10.2 Å². The van der Waals surface area contributed by atoms with Crippen LogP contribution in [0.15, 0.2) is 18.3 Å². The van der Waals surface area contributed by atoms with Gasteiger partial charge in [0, 0.05) is 31.9 Å². The third kappa shape index (κ3) is 2.35. The summed E-state index contributed by atoms with van der Waals surface area (Å²) in [5.41, 5.74) is 2.30. The zero-order chi connectivity index (χ0) is 12.4. The number of rotatable bonds is 1. The first-order valence-electron chi connectivity index (χ1n) is 6.80. The molecule has 18 heavy (non-hydrogen) atoms. The van der Waals surface area contributed by atoms with Crippen molar-refractivity contribution in [2.24, 2.45) is 0 Å². The maximum absolute atomic E-state index is 6.06. The predicted octanol–water partition coefficient (Wildman–Crippen LogP) is 1.35. The number of anilines is 1. The minimum atomic E-state index is 0.0153. The van der Waals surface area contributed by atoms with Crippen LogP contribution in [-0.4, -0.2) is 43.4 Å². The minimum absolute atomic E-state index is 0.0153. The molecule has 4 nitrogen and oxygen atoms in total. The van der Waals surface area contributed by atoms with Crippen molar-refractivity contribution in [3.05, 3.63) is 24.0 Å². The molecule has 1 atom stereocenters. The molecule has 4 heteroatoms. The van der Waals surface area contributed by atoms with E-state index in [1.807, 2.05) is 13.1 Å². The van der Waals surface area contributed by atoms with E-state index in [2.05, 4.69) is 27.3 Å². The maximum Gasteiger partial charge on any atom is 0.0981 e. The van der Waals surface area contributed by atoms with Gasteiger partial charge in [0.05, 0.1) is 24.1 Å². The lowest BCUT2D eigenvalue weighted by atomic mass is 9.91. The molecule has 1 N–H and O–H groups in total. The Morgan fingerprint density at radius 2 is 2.39 bits per heavy atom. The topological polar surface area (TPSA) is 37.4 Å². The van der Waals surface area contributed by atoms with E-state index in [-0.39, 0.29) is 5.60 Å². The predicted molar refractivity (Wildman–Crippen MR) is 72.0 cm³/mol. The van der Waals surface area contributed by atoms with Crippen LogP contribution in [0, 0.1) is 6.92 Å². The minimum Gasteiger partial charge on any atom is -0.371 e. The Hall–Kier alpha value is -1.13. The van der Waals surface area contributed by atoms with E-state index in [4.69, 9.17) is 4.74 Å². The summed E-state index contributed by atoms with van der Waals surface area (Å²) in [4.78, 5) is 6.80. The number of hydrogen-bond acceptors (Lipinski definition) is 4. The quantitative estimate of drug-likeness (QED) is 0.813. The Bertz CT molecular complexity index is 392. The molecule has 0 saturated carbocycles. The fourth-order valence-electron chi connectivity index (χ4n) is 2.93. The van der Waals surface area contributed by atoms with Gasteiger partial charge in [0.2, 0.25) is 0 Å². The van der Waals surface area contributed by atoms with Gasteiger partial charge in [0.1, 0.15) is 0 Å². The van der Waals surface area contributed by atoms with Gasteiger partial charge < -0.3 is 15.0 Å². The summed E-state index contributed by atoms with van der Waals surface area (Å²) in [5.74, 6) is 0. The Morgan fingerprint density at radius 3 is 3.11 bits per heavy atom. The van der Waals surface area contributed by atoms with Gasteiger partial charge in [-0.2, -0.15) is 0 Å². The van der Waals surface area contributed by atoms with Crippen molar-refractivity contribution in [2.45, 2.75) is 25.4 Å². The molecular weight excluding hydrogens is 226 g/mol. The zero-order valence-corrected chi connectivity index (χ0v) is 11.0. The van der Waals surface area contributed by atoms with Crippen LogP contribution in [0.5, 0.6) is 0 Å². The van der Waals surface area contributed by atoms with Crippen molar-refractivity contribution < 1.29 is 4.74 Å². The Balaban J connectivity index is 1.75. The Kier molecular flexibility index (Phi) is 3.22. The van der Waals surface area contributed by atoms with E-state index in [9.17, 15) is 0 Å². The second-order valence-electron chi connectivity index (χ2n) is 5.39. The van der Waals surface area contributed by atoms with Crippen molar-refractivity contribution in [2.75, 3.05) is 37.7 Å². The Morgan fingerprint density at radius 1 is 1.44 bits per heavy atom. The van der Waals surface area contributed by atoms with Gasteiger partial charge in [-0.3, -0.25) is 4.98 Å². The molecule has 0 unspecified atom stereocenters. The van der Waals surface area contributed by atoms with Gasteiger partial charge >= 0.3 is 0 Å². The van der Waals surface area contributed by atoms with Crippen molar-refractivity contribution in [1.82, 2.24) is 10.3 Å². The number of hydrogen-bond donors (Lipinski definition) is 1. The molecule has 0 amide bonds. The molecule has 1 spiro atoms. The van der Waals surface area contributed by atoms with Crippen molar-refractivity contribution in [1.29, 1.82) is 0 Å². The first kappa shape index (κ1) is 11.9. The van der Waals surface area contributed by atoms with Gasteiger partial charge in [-0.1, -0.05) is 0 Å². The fourth-order valence-corrected chi connectivity index (χ4v) is 2.93. The standard InChI is InChI=1S/C14H21N3O/c1-12-3-4-13(9-16-12)17-7-2-5-14(11-17)10-15-6-8-18-14/h3-4,9,15H,2,5-8,10-11H2,1H3/t14-/m0/s1. The third-order valence-electron chi connectivity index (χ3n) is 3.93. The molecule has 0 aromatic carbocycles. The largest absolute Gasteiger partial charge is 0.371 e. The normalized spacial score (nSPS) is 28.6. The summed E-state index contributed by atoms with van der Waals surface area (Å²) < 4.78 is 6.06. The molecule has 1 aromatic rings. The van der Waals surface area contributed by atoms with Crippen LogP contribution in [0.3, 0.4) is 0 Å². The number of aryl methyl sites for hydroxylation is 1. The van der Waals surface area contributed by atoms with E-state index >= 15 is 0 Å². The Labute approximate surface area is 108 Å². The molecular formula is C14H21N3O. The number of ether oxygens (including phenoxy) is 1. The van der Waals surface area contributed by atoms with E-state index in [1.165, 1.54) is 12.1 Å². The number of nitrogens with one attached hydrogen (secondary N) is 1. The smallest absolute Gasteiger partial charge is 0.0981 e. The second-order valence-corrected chi connectivity index (χ2v) is 5.39. The average Bonchev–Trinajstić information content (AvgIpc) is 2.40. The molecule has 1 aromatic heterocycles. The SMILES string of the molecule is Cc1ccc(N2CCC[C@]3(CNCCO3)C2)cn1. The summed E-state index contributed by atoms with van der Waals surface area (Å²) in [5, 5.41) is 3.46. The highest BCUT2D eigenvalue weighted by atomic mass is 16.5. The highest BCUT2D eigenvalue weighted by molar-refractivity contribution is 5.45. The molecule has 98 valence electrons. The zero-order valence-electron chi connectivity index (χ0n) is 11.0. The maximum atomic E-state index is 6.06. The molecule has 0 bridgehead atoms. The van der Waals surface area contributed by atoms with Crippen LogP contribution in [0.4, 0.5) is 5.69 Å². The van der Waals surface area contributed by atoms with E-state index in [0.29, 0.717) is 0 Å². The number of morpholine rings is 1. The van der Waals surface area contributed by atoms with Gasteiger partial charge in [0.25, 0.3) is 0 Å². The summed E-state index contributed by atoms with van der Waals surface area (Å²) in [6, 6.07) is 4.24. The highest BCUT2D eigenvalue weighted by Gasteiger charge is 2.37. The monoisotopic (exact) mass is 247 g/mol. The van der Waals surface area contributed by atoms with Crippen molar-refractivity contribution in [3.63, 3.8) is 0 Å². The van der Waals surface area contributed by atoms with Gasteiger partial charge in [-0.05, 0) is 31.9 Å². The first-order chi connectivity index (χ1) is 8.77. The number of aromatic nitrogens is 1. The van der Waals surface area contributed by atoms with Crippen LogP contribution in [0.2, 0.25) is 0 Å². The number of nitrogens with zero attached hydrogens (tertiary/aromatic N) is 2. The van der Waals surface area contributed by atoms with Gasteiger partial charge in [0.15, 0.2) is 0 Å². The van der Waals surface area contributed by atoms with Crippen LogP contribution in [0.25, 0.3) is 0 Å². The lowest BCUT2D eigenvalue weighted by Gasteiger charge is -2.45. The van der Waals surface area contributed by atoms with E-state index in [0.717, 1.165) is 44.9 Å². The van der Waals surface area contributed by atoms with Crippen molar-refractivity contribution in [3.8, 4) is 0 Å². The van der Waals surface area contributed by atoms with Crippen LogP contribution in [-0.2, 0) is 4.74 Å². The van der Waals surface area contributed by atoms with Crippen LogP contribution >= 0.6 is 0 Å². The lowest BCUT2D eigenvalue weighted by Crippen LogP contribution is -2.58. The molecule has 3 rings (SSSR count). The number of pyridine rings is 1. The lowest BCUT2D eigenvalue weighted by molar-refractivity contribution is -0.0725. The highest BCUT2D eigenvalue weighted by Crippen LogP contribution is 2.29. The molecule has 2 aliphatic heterocycles. The van der Waals surface area contributed by atoms with Crippen molar-refractivity contribution >= 4 is 5.69 Å².